The quantitative estimate of drug-likeness (QED) is 0.745. The number of fused-ring (bicyclic) bond motifs is 1. The number of ether oxygens (including phenoxy) is 1. The van der Waals surface area contributed by atoms with Gasteiger partial charge in [0.15, 0.2) is 0 Å². The molecular formula is C10H11ClO3. The highest BCUT2D eigenvalue weighted by atomic mass is 35.5. The molecule has 0 aliphatic carbocycles. The summed E-state index contributed by atoms with van der Waals surface area (Å²) in [4.78, 5) is 0. The first kappa shape index (κ1) is 9.77. The van der Waals surface area contributed by atoms with Gasteiger partial charge >= 0.3 is 0 Å². The standard InChI is InChI=1S/C10H11ClO3/c11-6-1-2-10-8(3-6)9(13)4-7(5-12)14-10/h1-3,7,9,12-13H,4-5H2/t7?,9-/m1/s1. The first-order chi connectivity index (χ1) is 6.70. The Morgan fingerprint density at radius 1 is 1.50 bits per heavy atom. The van der Waals surface area contributed by atoms with Crippen molar-refractivity contribution in [2.24, 2.45) is 0 Å². The van der Waals surface area contributed by atoms with E-state index in [-0.39, 0.29) is 12.7 Å². The second kappa shape index (κ2) is 3.77. The summed E-state index contributed by atoms with van der Waals surface area (Å²) in [5.74, 6) is 0.604. The molecule has 1 aromatic rings. The van der Waals surface area contributed by atoms with Crippen LogP contribution in [0.1, 0.15) is 18.1 Å². The van der Waals surface area contributed by atoms with E-state index in [9.17, 15) is 5.11 Å². The minimum Gasteiger partial charge on any atom is -0.488 e. The summed E-state index contributed by atoms with van der Waals surface area (Å²) in [6.45, 7) is -0.0842. The molecule has 0 radical (unpaired) electrons. The monoisotopic (exact) mass is 214 g/mol. The van der Waals surface area contributed by atoms with Crippen molar-refractivity contribution in [2.45, 2.75) is 18.6 Å². The SMILES string of the molecule is OCC1C[C@@H](O)c2cc(Cl)ccc2O1. The summed E-state index contributed by atoms with van der Waals surface area (Å²) in [6.07, 6.45) is -0.516. The van der Waals surface area contributed by atoms with Crippen molar-refractivity contribution in [3.05, 3.63) is 28.8 Å². The number of benzene rings is 1. The Bertz CT molecular complexity index is 340. The van der Waals surface area contributed by atoms with E-state index in [2.05, 4.69) is 0 Å². The van der Waals surface area contributed by atoms with Crippen LogP contribution >= 0.6 is 11.6 Å². The van der Waals surface area contributed by atoms with Crippen LogP contribution in [0.15, 0.2) is 18.2 Å². The molecule has 14 heavy (non-hydrogen) atoms. The zero-order chi connectivity index (χ0) is 10.1. The predicted molar refractivity (Wildman–Crippen MR) is 52.5 cm³/mol. The molecule has 0 saturated heterocycles. The molecule has 1 aromatic carbocycles. The number of aliphatic hydroxyl groups is 2. The molecule has 0 bridgehead atoms. The van der Waals surface area contributed by atoms with Gasteiger partial charge < -0.3 is 14.9 Å². The molecule has 3 nitrogen and oxygen atoms in total. The van der Waals surface area contributed by atoms with Gasteiger partial charge in [-0.25, -0.2) is 0 Å². The molecule has 1 aliphatic rings. The van der Waals surface area contributed by atoms with Crippen LogP contribution in [-0.4, -0.2) is 22.9 Å². The molecule has 1 aliphatic heterocycles. The Morgan fingerprint density at radius 2 is 2.29 bits per heavy atom. The first-order valence-corrected chi connectivity index (χ1v) is 4.83. The van der Waals surface area contributed by atoms with Gasteiger partial charge in [0.2, 0.25) is 0 Å². The molecule has 0 saturated carbocycles. The molecule has 2 rings (SSSR count). The van der Waals surface area contributed by atoms with E-state index < -0.39 is 6.10 Å². The molecule has 0 fully saturated rings. The lowest BCUT2D eigenvalue weighted by Gasteiger charge is -2.28. The highest BCUT2D eigenvalue weighted by Gasteiger charge is 2.26. The lowest BCUT2D eigenvalue weighted by atomic mass is 9.99. The van der Waals surface area contributed by atoms with Crippen molar-refractivity contribution in [2.75, 3.05) is 6.61 Å². The van der Waals surface area contributed by atoms with Crippen LogP contribution in [0.4, 0.5) is 0 Å². The molecule has 0 amide bonds. The summed E-state index contributed by atoms with van der Waals surface area (Å²) >= 11 is 5.80. The second-order valence-electron chi connectivity index (χ2n) is 3.36. The van der Waals surface area contributed by atoms with Gasteiger partial charge in [0.25, 0.3) is 0 Å². The summed E-state index contributed by atoms with van der Waals surface area (Å²) in [5.41, 5.74) is 0.696. The van der Waals surface area contributed by atoms with Crippen molar-refractivity contribution in [1.82, 2.24) is 0 Å². The van der Waals surface area contributed by atoms with Crippen molar-refractivity contribution in [1.29, 1.82) is 0 Å². The molecule has 2 atom stereocenters. The Hall–Kier alpha value is -0.770. The van der Waals surface area contributed by atoms with Crippen molar-refractivity contribution in [3.8, 4) is 5.75 Å². The molecule has 1 heterocycles. The van der Waals surface area contributed by atoms with Gasteiger partial charge in [0.1, 0.15) is 11.9 Å². The molecule has 76 valence electrons. The van der Waals surface area contributed by atoms with Crippen LogP contribution in [0.5, 0.6) is 5.75 Å². The minimum absolute atomic E-state index is 0.0842. The van der Waals surface area contributed by atoms with E-state index in [1.807, 2.05) is 0 Å². The third-order valence-corrected chi connectivity index (χ3v) is 2.55. The molecule has 0 aromatic heterocycles. The maximum absolute atomic E-state index is 9.74. The Labute approximate surface area is 86.9 Å². The second-order valence-corrected chi connectivity index (χ2v) is 3.79. The van der Waals surface area contributed by atoms with Crippen LogP contribution in [-0.2, 0) is 0 Å². The number of halogens is 1. The van der Waals surface area contributed by atoms with E-state index in [1.54, 1.807) is 18.2 Å². The van der Waals surface area contributed by atoms with Gasteiger partial charge in [-0.2, -0.15) is 0 Å². The summed E-state index contributed by atoms with van der Waals surface area (Å²) in [5, 5.41) is 19.2. The normalized spacial score (nSPS) is 25.4. The fourth-order valence-corrected chi connectivity index (χ4v) is 1.78. The molecule has 0 spiro atoms. The van der Waals surface area contributed by atoms with Crippen molar-refractivity contribution < 1.29 is 14.9 Å². The van der Waals surface area contributed by atoms with E-state index in [0.29, 0.717) is 22.8 Å². The van der Waals surface area contributed by atoms with E-state index in [4.69, 9.17) is 21.4 Å². The highest BCUT2D eigenvalue weighted by molar-refractivity contribution is 6.30. The Kier molecular flexibility index (Phi) is 2.63. The van der Waals surface area contributed by atoms with Crippen molar-refractivity contribution in [3.63, 3.8) is 0 Å². The lowest BCUT2D eigenvalue weighted by molar-refractivity contribution is 0.0333. The van der Waals surface area contributed by atoms with E-state index in [1.165, 1.54) is 0 Å². The zero-order valence-corrected chi connectivity index (χ0v) is 8.24. The van der Waals surface area contributed by atoms with Gasteiger partial charge in [-0.3, -0.25) is 0 Å². The Balaban J connectivity index is 2.35. The maximum Gasteiger partial charge on any atom is 0.125 e. The number of hydrogen-bond acceptors (Lipinski definition) is 3. The third-order valence-electron chi connectivity index (χ3n) is 2.31. The van der Waals surface area contributed by atoms with Crippen molar-refractivity contribution >= 4 is 11.6 Å². The fourth-order valence-electron chi connectivity index (χ4n) is 1.60. The van der Waals surface area contributed by atoms with E-state index >= 15 is 0 Å². The van der Waals surface area contributed by atoms with Crippen LogP contribution in [0.3, 0.4) is 0 Å². The van der Waals surface area contributed by atoms with Gasteiger partial charge in [0, 0.05) is 17.0 Å². The number of rotatable bonds is 1. The van der Waals surface area contributed by atoms with Gasteiger partial charge in [-0.05, 0) is 18.2 Å². The topological polar surface area (TPSA) is 49.7 Å². The Morgan fingerprint density at radius 3 is 3.00 bits per heavy atom. The summed E-state index contributed by atoms with van der Waals surface area (Å²) in [7, 11) is 0. The predicted octanol–water partition coefficient (Wildman–Crippen LogP) is 1.52. The van der Waals surface area contributed by atoms with Crippen LogP contribution in [0.2, 0.25) is 5.02 Å². The fraction of sp³-hybridized carbons (Fsp3) is 0.400. The summed E-state index contributed by atoms with van der Waals surface area (Å²) in [6, 6.07) is 5.10. The average Bonchev–Trinajstić information content (AvgIpc) is 2.19. The van der Waals surface area contributed by atoms with Crippen LogP contribution < -0.4 is 4.74 Å². The maximum atomic E-state index is 9.74. The zero-order valence-electron chi connectivity index (χ0n) is 7.48. The molecular weight excluding hydrogens is 204 g/mol. The van der Waals surface area contributed by atoms with Crippen LogP contribution in [0, 0.1) is 0 Å². The molecule has 4 heteroatoms. The third kappa shape index (κ3) is 1.71. The lowest BCUT2D eigenvalue weighted by Crippen LogP contribution is -2.28. The number of hydrogen-bond donors (Lipinski definition) is 2. The van der Waals surface area contributed by atoms with Gasteiger partial charge in [-0.15, -0.1) is 0 Å². The van der Waals surface area contributed by atoms with E-state index in [0.717, 1.165) is 0 Å². The minimum atomic E-state index is -0.602. The largest absolute Gasteiger partial charge is 0.488 e. The van der Waals surface area contributed by atoms with Gasteiger partial charge in [-0.1, -0.05) is 11.6 Å². The molecule has 1 unspecified atom stereocenters. The average molecular weight is 215 g/mol. The smallest absolute Gasteiger partial charge is 0.125 e. The van der Waals surface area contributed by atoms with Gasteiger partial charge in [0.05, 0.1) is 12.7 Å². The summed E-state index contributed by atoms with van der Waals surface area (Å²) < 4.78 is 5.44. The molecule has 2 N–H and O–H groups in total. The number of aliphatic hydroxyl groups excluding tert-OH is 2. The highest BCUT2D eigenvalue weighted by Crippen LogP contribution is 2.36. The van der Waals surface area contributed by atoms with Crippen LogP contribution in [0.25, 0.3) is 0 Å². The first-order valence-electron chi connectivity index (χ1n) is 4.45.